The Labute approximate surface area is 174 Å². The monoisotopic (exact) mass is 425 g/mol. The Bertz CT molecular complexity index is 831. The summed E-state index contributed by atoms with van der Waals surface area (Å²) in [6, 6.07) is 4.81. The van der Waals surface area contributed by atoms with Gasteiger partial charge in [-0.3, -0.25) is 9.48 Å². The second-order valence-corrected chi connectivity index (χ2v) is 7.20. The highest BCUT2D eigenvalue weighted by atomic mass is 35.5. The van der Waals surface area contributed by atoms with E-state index < -0.39 is 6.03 Å². The van der Waals surface area contributed by atoms with Gasteiger partial charge in [0.1, 0.15) is 0 Å². The van der Waals surface area contributed by atoms with Gasteiger partial charge in [-0.15, -0.1) is 0 Å². The lowest BCUT2D eigenvalue weighted by Gasteiger charge is -2.10. The number of benzene rings is 1. The number of primary amides is 1. The number of halogens is 2. The second kappa shape index (κ2) is 10.3. The molecule has 0 fully saturated rings. The molecule has 1 aromatic carbocycles. The number of nitrogens with two attached hydrogens (primary N) is 1. The average molecular weight is 426 g/mol. The van der Waals surface area contributed by atoms with Gasteiger partial charge in [0.05, 0.1) is 18.8 Å². The number of amides is 3. The minimum Gasteiger partial charge on any atom is -0.353 e. The van der Waals surface area contributed by atoms with Crippen molar-refractivity contribution >= 4 is 35.1 Å². The van der Waals surface area contributed by atoms with Crippen molar-refractivity contribution in [3.63, 3.8) is 0 Å². The fourth-order valence-electron chi connectivity index (χ4n) is 3.11. The summed E-state index contributed by atoms with van der Waals surface area (Å²) < 4.78 is 1.93. The highest BCUT2D eigenvalue weighted by Gasteiger charge is 2.16. The lowest BCUT2D eigenvalue weighted by Crippen LogP contribution is -2.40. The number of rotatable bonds is 9. The average Bonchev–Trinajstić information content (AvgIpc) is 2.95. The molecule has 3 amide bonds. The Hall–Kier alpha value is -2.25. The van der Waals surface area contributed by atoms with Crippen molar-refractivity contribution in [1.82, 2.24) is 20.4 Å². The van der Waals surface area contributed by atoms with Crippen LogP contribution in [0, 0.1) is 0 Å². The Kier molecular flexibility index (Phi) is 8.14. The van der Waals surface area contributed by atoms with Gasteiger partial charge in [-0.2, -0.15) is 5.10 Å². The van der Waals surface area contributed by atoms with Gasteiger partial charge in [-0.25, -0.2) is 4.79 Å². The molecular formula is C19H25Cl2N5O2. The van der Waals surface area contributed by atoms with Gasteiger partial charge in [0.15, 0.2) is 0 Å². The molecule has 0 spiro atoms. The molecule has 0 saturated carbocycles. The summed E-state index contributed by atoms with van der Waals surface area (Å²) in [7, 11) is 0. The summed E-state index contributed by atoms with van der Waals surface area (Å²) in [5, 5.41) is 10.9. The maximum Gasteiger partial charge on any atom is 0.312 e. The predicted octanol–water partition coefficient (Wildman–Crippen LogP) is 2.69. The first-order chi connectivity index (χ1) is 13.3. The van der Waals surface area contributed by atoms with Crippen molar-refractivity contribution < 1.29 is 9.59 Å². The molecule has 1 aromatic heterocycles. The molecule has 0 aliphatic carbocycles. The molecule has 9 heteroatoms. The van der Waals surface area contributed by atoms with Gasteiger partial charge in [-0.05, 0) is 36.6 Å². The van der Waals surface area contributed by atoms with E-state index in [1.54, 1.807) is 6.07 Å². The molecule has 0 unspecified atom stereocenters. The molecule has 1 heterocycles. The molecule has 4 N–H and O–H groups in total. The maximum absolute atomic E-state index is 11.7. The van der Waals surface area contributed by atoms with Crippen LogP contribution in [0.15, 0.2) is 18.2 Å². The van der Waals surface area contributed by atoms with Crippen molar-refractivity contribution in [3.05, 3.63) is 50.8 Å². The van der Waals surface area contributed by atoms with Crippen LogP contribution in [0.5, 0.6) is 0 Å². The maximum atomic E-state index is 11.7. The third-order valence-corrected chi connectivity index (χ3v) is 4.73. The summed E-state index contributed by atoms with van der Waals surface area (Å²) in [4.78, 5) is 22.3. The number of aromatic nitrogens is 2. The molecule has 2 aromatic rings. The zero-order valence-electron chi connectivity index (χ0n) is 16.0. The van der Waals surface area contributed by atoms with Crippen LogP contribution in [0.2, 0.25) is 10.0 Å². The van der Waals surface area contributed by atoms with Gasteiger partial charge >= 0.3 is 6.03 Å². The molecule has 0 atom stereocenters. The van der Waals surface area contributed by atoms with Crippen LogP contribution in [-0.2, 0) is 30.6 Å². The van der Waals surface area contributed by atoms with Crippen LogP contribution in [0.1, 0.15) is 36.4 Å². The minimum absolute atomic E-state index is 0.143. The van der Waals surface area contributed by atoms with Crippen LogP contribution in [0.4, 0.5) is 4.79 Å². The molecule has 2 rings (SSSR count). The van der Waals surface area contributed by atoms with Gasteiger partial charge in [0.25, 0.3) is 0 Å². The zero-order chi connectivity index (χ0) is 20.7. The molecule has 0 saturated heterocycles. The number of carbonyl (C=O) groups is 2. The Morgan fingerprint density at radius 3 is 2.36 bits per heavy atom. The number of hydrogen-bond acceptors (Lipinski definition) is 3. The minimum atomic E-state index is -0.728. The number of hydrogen-bond donors (Lipinski definition) is 3. The first-order valence-electron chi connectivity index (χ1n) is 9.16. The Morgan fingerprint density at radius 2 is 1.79 bits per heavy atom. The molecule has 28 heavy (non-hydrogen) atoms. The van der Waals surface area contributed by atoms with Crippen molar-refractivity contribution in [2.45, 2.75) is 39.7 Å². The molecular weight excluding hydrogens is 401 g/mol. The summed E-state index contributed by atoms with van der Waals surface area (Å²) in [6.45, 7) is 4.94. The van der Waals surface area contributed by atoms with Gasteiger partial charge in [0, 0.05) is 34.3 Å². The van der Waals surface area contributed by atoms with Gasteiger partial charge < -0.3 is 16.4 Å². The van der Waals surface area contributed by atoms with E-state index in [0.717, 1.165) is 29.8 Å². The first kappa shape index (κ1) is 22.0. The number of urea groups is 1. The van der Waals surface area contributed by atoms with E-state index in [4.69, 9.17) is 34.0 Å². The fourth-order valence-corrected chi connectivity index (χ4v) is 3.68. The zero-order valence-corrected chi connectivity index (χ0v) is 17.5. The molecule has 0 bridgehead atoms. The smallest absolute Gasteiger partial charge is 0.312 e. The second-order valence-electron chi connectivity index (χ2n) is 6.32. The number of nitrogens with zero attached hydrogens (tertiary/aromatic N) is 2. The molecule has 0 aliphatic heterocycles. The topological polar surface area (TPSA) is 102 Å². The van der Waals surface area contributed by atoms with Gasteiger partial charge in [-0.1, -0.05) is 37.0 Å². The van der Waals surface area contributed by atoms with Crippen LogP contribution in [0.25, 0.3) is 0 Å². The summed E-state index contributed by atoms with van der Waals surface area (Å²) in [5.74, 6) is -0.298. The summed E-state index contributed by atoms with van der Waals surface area (Å²) in [6.07, 6.45) is 2.31. The predicted molar refractivity (Wildman–Crippen MR) is 111 cm³/mol. The van der Waals surface area contributed by atoms with Crippen molar-refractivity contribution in [2.75, 3.05) is 13.1 Å². The fraction of sp³-hybridized carbons (Fsp3) is 0.421. The SMILES string of the molecule is CCc1nn(CCNC(=O)CNC(N)=O)c(CC)c1Cc1cc(Cl)cc(Cl)c1. The van der Waals surface area contributed by atoms with E-state index in [0.29, 0.717) is 29.6 Å². The quantitative estimate of drug-likeness (QED) is 0.575. The third-order valence-electron chi connectivity index (χ3n) is 4.29. The Balaban J connectivity index is 2.11. The largest absolute Gasteiger partial charge is 0.353 e. The molecule has 152 valence electrons. The van der Waals surface area contributed by atoms with Crippen molar-refractivity contribution in [1.29, 1.82) is 0 Å². The van der Waals surface area contributed by atoms with Crippen LogP contribution >= 0.6 is 23.2 Å². The first-order valence-corrected chi connectivity index (χ1v) is 9.92. The molecule has 0 aliphatic rings. The Morgan fingerprint density at radius 1 is 1.11 bits per heavy atom. The lowest BCUT2D eigenvalue weighted by atomic mass is 10.0. The standard InChI is InChI=1S/C19H25Cl2N5O2/c1-3-16-15(9-12-7-13(20)10-14(21)8-12)17(4-2)26(25-16)6-5-23-18(27)11-24-19(22)28/h7-8,10H,3-6,9,11H2,1-2H3,(H,23,27)(H3,22,24,28). The third kappa shape index (κ3) is 6.14. The van der Waals surface area contributed by atoms with Crippen molar-refractivity contribution in [3.8, 4) is 0 Å². The van der Waals surface area contributed by atoms with E-state index in [1.807, 2.05) is 16.8 Å². The number of nitrogens with one attached hydrogen (secondary N) is 2. The number of carbonyl (C=O) groups excluding carboxylic acids is 2. The van der Waals surface area contributed by atoms with E-state index in [9.17, 15) is 9.59 Å². The number of aryl methyl sites for hydroxylation is 1. The van der Waals surface area contributed by atoms with Crippen LogP contribution in [0.3, 0.4) is 0 Å². The summed E-state index contributed by atoms with van der Waals surface area (Å²) in [5.41, 5.74) is 9.31. The molecule has 7 nitrogen and oxygen atoms in total. The van der Waals surface area contributed by atoms with Crippen LogP contribution in [-0.4, -0.2) is 34.8 Å². The normalized spacial score (nSPS) is 10.7. The van der Waals surface area contributed by atoms with Gasteiger partial charge in [0.2, 0.25) is 5.91 Å². The van der Waals surface area contributed by atoms with E-state index >= 15 is 0 Å². The summed E-state index contributed by atoms with van der Waals surface area (Å²) >= 11 is 12.3. The van der Waals surface area contributed by atoms with E-state index in [2.05, 4.69) is 24.5 Å². The lowest BCUT2D eigenvalue weighted by molar-refractivity contribution is -0.120. The van der Waals surface area contributed by atoms with Crippen molar-refractivity contribution in [2.24, 2.45) is 5.73 Å². The van der Waals surface area contributed by atoms with Crippen LogP contribution < -0.4 is 16.4 Å². The molecule has 0 radical (unpaired) electrons. The highest BCUT2D eigenvalue weighted by molar-refractivity contribution is 6.34. The highest BCUT2D eigenvalue weighted by Crippen LogP contribution is 2.25. The van der Waals surface area contributed by atoms with E-state index in [1.165, 1.54) is 5.56 Å². The van der Waals surface area contributed by atoms with E-state index in [-0.39, 0.29) is 12.5 Å².